The van der Waals surface area contributed by atoms with Gasteiger partial charge in [0.15, 0.2) is 0 Å². The van der Waals surface area contributed by atoms with Gasteiger partial charge in [-0.15, -0.1) is 0 Å². The van der Waals surface area contributed by atoms with Crippen molar-refractivity contribution in [2.24, 2.45) is 0 Å². The highest BCUT2D eigenvalue weighted by atomic mass is 16.5. The first-order chi connectivity index (χ1) is 15.3. The zero-order chi connectivity index (χ0) is 23.8. The molecule has 178 valence electrons. The SMILES string of the molecule is CCCC/C=C/C=C/CCC/C=C/C=C/[C@@H]1C[C@H](OC(C)=O)[C@H](NC(C)=O)CN1C(C)=O. The van der Waals surface area contributed by atoms with Crippen LogP contribution in [0.25, 0.3) is 0 Å². The lowest BCUT2D eigenvalue weighted by Gasteiger charge is -2.42. The van der Waals surface area contributed by atoms with Crippen LogP contribution in [0.1, 0.15) is 72.6 Å². The fraction of sp³-hybridized carbons (Fsp3) is 0.577. The molecule has 1 saturated heterocycles. The average Bonchev–Trinajstić information content (AvgIpc) is 2.72. The predicted octanol–water partition coefficient (Wildman–Crippen LogP) is 4.63. The number of piperidine rings is 1. The van der Waals surface area contributed by atoms with E-state index in [2.05, 4.69) is 42.6 Å². The van der Waals surface area contributed by atoms with Gasteiger partial charge in [-0.25, -0.2) is 0 Å². The number of carbonyl (C=O) groups excluding carboxylic acids is 3. The normalized spacial score (nSPS) is 21.8. The fourth-order valence-corrected chi connectivity index (χ4v) is 3.67. The quantitative estimate of drug-likeness (QED) is 0.271. The highest BCUT2D eigenvalue weighted by molar-refractivity contribution is 5.75. The number of nitrogens with zero attached hydrogens (tertiary/aromatic N) is 1. The summed E-state index contributed by atoms with van der Waals surface area (Å²) in [5.41, 5.74) is 0. The van der Waals surface area contributed by atoms with Crippen molar-refractivity contribution in [1.82, 2.24) is 10.2 Å². The van der Waals surface area contributed by atoms with Gasteiger partial charge in [-0.05, 0) is 25.7 Å². The molecule has 0 aromatic rings. The molecule has 1 rings (SSSR count). The second-order valence-corrected chi connectivity index (χ2v) is 8.17. The van der Waals surface area contributed by atoms with E-state index in [-0.39, 0.29) is 17.9 Å². The number of amides is 2. The molecule has 1 heterocycles. The van der Waals surface area contributed by atoms with Crippen LogP contribution >= 0.6 is 0 Å². The molecule has 0 radical (unpaired) electrons. The summed E-state index contributed by atoms with van der Waals surface area (Å²) >= 11 is 0. The van der Waals surface area contributed by atoms with E-state index in [1.54, 1.807) is 4.90 Å². The van der Waals surface area contributed by atoms with Crippen molar-refractivity contribution in [3.05, 3.63) is 48.6 Å². The van der Waals surface area contributed by atoms with E-state index < -0.39 is 18.1 Å². The van der Waals surface area contributed by atoms with Crippen molar-refractivity contribution in [2.45, 2.75) is 90.8 Å². The van der Waals surface area contributed by atoms with E-state index in [0.717, 1.165) is 25.7 Å². The van der Waals surface area contributed by atoms with Crippen LogP contribution in [0.3, 0.4) is 0 Å². The van der Waals surface area contributed by atoms with Crippen molar-refractivity contribution < 1.29 is 19.1 Å². The number of hydrogen-bond donors (Lipinski definition) is 1. The lowest BCUT2D eigenvalue weighted by Crippen LogP contribution is -2.59. The number of likely N-dealkylation sites (tertiary alicyclic amines) is 1. The number of carbonyl (C=O) groups is 3. The minimum absolute atomic E-state index is 0.0733. The van der Waals surface area contributed by atoms with Gasteiger partial charge in [0, 0.05) is 33.7 Å². The Morgan fingerprint density at radius 3 is 2.06 bits per heavy atom. The van der Waals surface area contributed by atoms with Gasteiger partial charge in [0.05, 0.1) is 12.1 Å². The Kier molecular flexibility index (Phi) is 13.8. The number of ether oxygens (including phenoxy) is 1. The number of hydrogen-bond acceptors (Lipinski definition) is 4. The topological polar surface area (TPSA) is 75.7 Å². The summed E-state index contributed by atoms with van der Waals surface area (Å²) in [6.07, 6.45) is 23.4. The van der Waals surface area contributed by atoms with Gasteiger partial charge in [0.2, 0.25) is 11.8 Å². The molecule has 0 bridgehead atoms. The van der Waals surface area contributed by atoms with Gasteiger partial charge in [0.25, 0.3) is 0 Å². The molecule has 2 amide bonds. The molecule has 32 heavy (non-hydrogen) atoms. The maximum Gasteiger partial charge on any atom is 0.302 e. The van der Waals surface area contributed by atoms with Crippen molar-refractivity contribution in [3.8, 4) is 0 Å². The monoisotopic (exact) mass is 444 g/mol. The standard InChI is InChI=1S/C26H40N2O4/c1-5-6-7-8-9-10-11-12-13-14-15-16-17-18-24-19-26(32-23(4)31)25(27-21(2)29)20-28(24)22(3)30/h8-11,15-18,24-26H,5-7,12-14,19-20H2,1-4H3,(H,27,29)/b9-8+,11-10+,16-15+,18-17+/t24-,25-,26+/m1/s1. The first-order valence-corrected chi connectivity index (χ1v) is 11.7. The summed E-state index contributed by atoms with van der Waals surface area (Å²) in [5.74, 6) is -0.680. The molecule has 0 spiro atoms. The molecule has 1 aliphatic heterocycles. The third-order valence-corrected chi connectivity index (χ3v) is 5.26. The highest BCUT2D eigenvalue weighted by Crippen LogP contribution is 2.22. The van der Waals surface area contributed by atoms with Gasteiger partial charge < -0.3 is 15.0 Å². The second kappa shape index (κ2) is 16.1. The van der Waals surface area contributed by atoms with Crippen LogP contribution in [0.5, 0.6) is 0 Å². The van der Waals surface area contributed by atoms with Crippen LogP contribution in [-0.2, 0) is 19.1 Å². The first kappa shape index (κ1) is 27.4. The lowest BCUT2D eigenvalue weighted by molar-refractivity contribution is -0.154. The van der Waals surface area contributed by atoms with Crippen LogP contribution in [0.15, 0.2) is 48.6 Å². The van der Waals surface area contributed by atoms with E-state index in [0.29, 0.717) is 13.0 Å². The summed E-state index contributed by atoms with van der Waals surface area (Å²) in [6, 6.07) is -0.594. The van der Waals surface area contributed by atoms with Crippen LogP contribution in [0, 0.1) is 0 Å². The Morgan fingerprint density at radius 1 is 0.938 bits per heavy atom. The summed E-state index contributed by atoms with van der Waals surface area (Å²) in [6.45, 7) is 6.79. The van der Waals surface area contributed by atoms with E-state index in [9.17, 15) is 14.4 Å². The molecule has 0 aromatic heterocycles. The maximum atomic E-state index is 12.1. The highest BCUT2D eigenvalue weighted by Gasteiger charge is 2.37. The summed E-state index contributed by atoms with van der Waals surface area (Å²) < 4.78 is 5.43. The van der Waals surface area contributed by atoms with Crippen molar-refractivity contribution in [3.63, 3.8) is 0 Å². The zero-order valence-corrected chi connectivity index (χ0v) is 20.1. The number of allylic oxidation sites excluding steroid dienone is 7. The Morgan fingerprint density at radius 2 is 1.53 bits per heavy atom. The Bertz CT molecular complexity index is 709. The molecule has 1 N–H and O–H groups in total. The van der Waals surface area contributed by atoms with Gasteiger partial charge in [-0.2, -0.15) is 0 Å². The molecule has 0 saturated carbocycles. The number of nitrogens with one attached hydrogen (secondary N) is 1. The molecule has 0 unspecified atom stereocenters. The Hall–Kier alpha value is -2.63. The van der Waals surface area contributed by atoms with E-state index in [4.69, 9.17) is 4.74 Å². The summed E-state index contributed by atoms with van der Waals surface area (Å²) in [4.78, 5) is 36.9. The molecular formula is C26H40N2O4. The number of unbranched alkanes of at least 4 members (excludes halogenated alkanes) is 4. The van der Waals surface area contributed by atoms with Gasteiger partial charge >= 0.3 is 5.97 Å². The number of rotatable bonds is 12. The van der Waals surface area contributed by atoms with Crippen LogP contribution in [-0.4, -0.2) is 47.4 Å². The molecule has 6 heteroatoms. The maximum absolute atomic E-state index is 12.1. The van der Waals surface area contributed by atoms with Gasteiger partial charge in [-0.1, -0.05) is 68.4 Å². The molecule has 0 aliphatic carbocycles. The molecular weight excluding hydrogens is 404 g/mol. The Balaban J connectivity index is 2.53. The van der Waals surface area contributed by atoms with Gasteiger partial charge in [0.1, 0.15) is 6.10 Å². The third-order valence-electron chi connectivity index (χ3n) is 5.26. The van der Waals surface area contributed by atoms with E-state index >= 15 is 0 Å². The van der Waals surface area contributed by atoms with E-state index in [1.165, 1.54) is 33.6 Å². The zero-order valence-electron chi connectivity index (χ0n) is 20.1. The number of esters is 1. The van der Waals surface area contributed by atoms with Crippen molar-refractivity contribution in [1.29, 1.82) is 0 Å². The smallest absolute Gasteiger partial charge is 0.302 e. The first-order valence-electron chi connectivity index (χ1n) is 11.7. The molecule has 1 aliphatic rings. The average molecular weight is 445 g/mol. The van der Waals surface area contributed by atoms with Crippen LogP contribution in [0.4, 0.5) is 0 Å². The van der Waals surface area contributed by atoms with Gasteiger partial charge in [-0.3, -0.25) is 14.4 Å². The van der Waals surface area contributed by atoms with Crippen molar-refractivity contribution in [2.75, 3.05) is 6.54 Å². The molecule has 6 nitrogen and oxygen atoms in total. The minimum Gasteiger partial charge on any atom is -0.460 e. The fourth-order valence-electron chi connectivity index (χ4n) is 3.67. The summed E-state index contributed by atoms with van der Waals surface area (Å²) in [7, 11) is 0. The summed E-state index contributed by atoms with van der Waals surface area (Å²) in [5, 5.41) is 2.80. The molecule has 3 atom stereocenters. The van der Waals surface area contributed by atoms with Crippen LogP contribution in [0.2, 0.25) is 0 Å². The van der Waals surface area contributed by atoms with Crippen molar-refractivity contribution >= 4 is 17.8 Å². The largest absolute Gasteiger partial charge is 0.460 e. The molecule has 0 aromatic carbocycles. The van der Waals surface area contributed by atoms with Crippen LogP contribution < -0.4 is 5.32 Å². The minimum atomic E-state index is -0.464. The van der Waals surface area contributed by atoms with E-state index in [1.807, 2.05) is 18.2 Å². The molecule has 1 fully saturated rings. The Labute approximate surface area is 193 Å². The second-order valence-electron chi connectivity index (χ2n) is 8.17. The third kappa shape index (κ3) is 11.7. The predicted molar refractivity (Wildman–Crippen MR) is 129 cm³/mol. The lowest BCUT2D eigenvalue weighted by atomic mass is 9.94.